The number of nitrogens with one attached hydrogen (secondary N) is 1. The number of rotatable bonds is 8. The molecule has 36 heavy (non-hydrogen) atoms. The van der Waals surface area contributed by atoms with Crippen LogP contribution in [-0.4, -0.2) is 32.8 Å². The standard InChI is InChI=1S/C21H18ClFN10O2S/c22-17-5-4-15(21-27-29-30-28-21)16(20(17)23)7-24-36(34,35)19-11-33(31-26-19)10-14-9-32-8-13(12-1-2-12)3-6-18(32)25-14/h3-6,8-9,11-12,21,24H,1-2,7,10H2. The van der Waals surface area contributed by atoms with Gasteiger partial charge in [0, 0.05) is 30.1 Å². The number of benzene rings is 1. The van der Waals surface area contributed by atoms with Crippen LogP contribution in [0.4, 0.5) is 4.39 Å². The van der Waals surface area contributed by atoms with E-state index in [1.54, 1.807) is 0 Å². The Labute approximate surface area is 208 Å². The second-order valence-corrected chi connectivity index (χ2v) is 10.6. The summed E-state index contributed by atoms with van der Waals surface area (Å²) in [6.07, 6.45) is 6.79. The Kier molecular flexibility index (Phi) is 5.58. The quantitative estimate of drug-likeness (QED) is 0.368. The van der Waals surface area contributed by atoms with E-state index in [4.69, 9.17) is 11.6 Å². The van der Waals surface area contributed by atoms with Gasteiger partial charge in [0.15, 0.2) is 0 Å². The van der Waals surface area contributed by atoms with E-state index in [1.807, 2.05) is 16.7 Å². The normalized spacial score (nSPS) is 15.9. The molecule has 15 heteroatoms. The fourth-order valence-electron chi connectivity index (χ4n) is 4.00. The highest BCUT2D eigenvalue weighted by Gasteiger charge is 2.26. The third-order valence-electron chi connectivity index (χ3n) is 6.00. The number of halogens is 2. The molecule has 3 aromatic heterocycles. The molecule has 184 valence electrons. The summed E-state index contributed by atoms with van der Waals surface area (Å²) in [6, 6.07) is 6.89. The molecule has 4 aromatic rings. The first-order chi connectivity index (χ1) is 17.4. The Bertz CT molecular complexity index is 1630. The van der Waals surface area contributed by atoms with Crippen molar-refractivity contribution < 1.29 is 12.8 Å². The third-order valence-corrected chi connectivity index (χ3v) is 7.56. The minimum atomic E-state index is -4.12. The predicted molar refractivity (Wildman–Crippen MR) is 124 cm³/mol. The Morgan fingerprint density at radius 1 is 1.08 bits per heavy atom. The van der Waals surface area contributed by atoms with Gasteiger partial charge in [0.1, 0.15) is 11.5 Å². The van der Waals surface area contributed by atoms with E-state index in [-0.39, 0.29) is 22.2 Å². The lowest BCUT2D eigenvalue weighted by molar-refractivity contribution is 0.567. The summed E-state index contributed by atoms with van der Waals surface area (Å²) in [5.41, 5.74) is 3.06. The molecule has 0 unspecified atom stereocenters. The fourth-order valence-corrected chi connectivity index (χ4v) is 5.07. The lowest BCUT2D eigenvalue weighted by atomic mass is 10.0. The summed E-state index contributed by atoms with van der Waals surface area (Å²) in [7, 11) is -4.12. The molecule has 4 heterocycles. The Hall–Kier alpha value is -3.62. The minimum Gasteiger partial charge on any atom is -0.306 e. The first kappa shape index (κ1) is 22.8. The molecule has 0 atom stereocenters. The predicted octanol–water partition coefficient (Wildman–Crippen LogP) is 3.95. The van der Waals surface area contributed by atoms with Crippen LogP contribution in [0.25, 0.3) is 5.65 Å². The monoisotopic (exact) mass is 528 g/mol. The van der Waals surface area contributed by atoms with Gasteiger partial charge in [-0.15, -0.1) is 15.3 Å². The summed E-state index contributed by atoms with van der Waals surface area (Å²) in [6.45, 7) is -0.179. The van der Waals surface area contributed by atoms with Gasteiger partial charge < -0.3 is 4.40 Å². The molecule has 0 radical (unpaired) electrons. The van der Waals surface area contributed by atoms with E-state index in [1.165, 1.54) is 41.4 Å². The molecule has 1 aliphatic carbocycles. The van der Waals surface area contributed by atoms with Gasteiger partial charge in [0.2, 0.25) is 11.2 Å². The molecule has 1 fully saturated rings. The van der Waals surface area contributed by atoms with Crippen LogP contribution in [-0.2, 0) is 23.1 Å². The van der Waals surface area contributed by atoms with Crippen LogP contribution in [0.1, 0.15) is 47.3 Å². The van der Waals surface area contributed by atoms with Gasteiger partial charge in [-0.1, -0.05) is 28.9 Å². The van der Waals surface area contributed by atoms with Gasteiger partial charge in [0.25, 0.3) is 10.0 Å². The van der Waals surface area contributed by atoms with Crippen molar-refractivity contribution in [3.05, 3.63) is 76.1 Å². The Morgan fingerprint density at radius 3 is 2.67 bits per heavy atom. The van der Waals surface area contributed by atoms with Crippen molar-refractivity contribution in [2.24, 2.45) is 20.7 Å². The van der Waals surface area contributed by atoms with Gasteiger partial charge in [-0.2, -0.15) is 0 Å². The van der Waals surface area contributed by atoms with Crippen LogP contribution in [0.15, 0.2) is 68.6 Å². The fraction of sp³-hybridized carbons (Fsp3) is 0.286. The second-order valence-electron chi connectivity index (χ2n) is 8.53. The highest BCUT2D eigenvalue weighted by atomic mass is 35.5. The van der Waals surface area contributed by atoms with Gasteiger partial charge in [-0.05, 0) is 46.9 Å². The van der Waals surface area contributed by atoms with Crippen molar-refractivity contribution in [3.63, 3.8) is 0 Å². The number of imidazole rings is 1. The first-order valence-electron chi connectivity index (χ1n) is 11.0. The highest BCUT2D eigenvalue weighted by Crippen LogP contribution is 2.40. The van der Waals surface area contributed by atoms with Crippen molar-refractivity contribution in [3.8, 4) is 0 Å². The topological polar surface area (TPSA) is 144 Å². The molecule has 0 saturated heterocycles. The zero-order valence-electron chi connectivity index (χ0n) is 18.5. The number of hydrogen-bond donors (Lipinski definition) is 1. The summed E-state index contributed by atoms with van der Waals surface area (Å²) < 4.78 is 46.1. The molecule has 2 aliphatic rings. The largest absolute Gasteiger partial charge is 0.306 e. The maximum absolute atomic E-state index is 14.7. The van der Waals surface area contributed by atoms with Crippen LogP contribution in [0.2, 0.25) is 5.02 Å². The van der Waals surface area contributed by atoms with Gasteiger partial charge in [0.05, 0.1) is 23.5 Å². The zero-order valence-corrected chi connectivity index (χ0v) is 20.1. The molecule has 1 aliphatic heterocycles. The summed E-state index contributed by atoms with van der Waals surface area (Å²) >= 11 is 5.90. The van der Waals surface area contributed by atoms with E-state index >= 15 is 0 Å². The average Bonchev–Trinajstić information content (AvgIpc) is 3.23. The van der Waals surface area contributed by atoms with E-state index in [0.29, 0.717) is 17.2 Å². The number of fused-ring (bicyclic) bond motifs is 1. The SMILES string of the molecule is O=S(=O)(NCc1c(C2N=NN=N2)ccc(Cl)c1F)c1cn(Cc2cn3cc(C4CC4)ccc3n2)nn1. The van der Waals surface area contributed by atoms with Crippen LogP contribution < -0.4 is 4.72 Å². The van der Waals surface area contributed by atoms with E-state index in [9.17, 15) is 12.8 Å². The van der Waals surface area contributed by atoms with E-state index in [0.717, 1.165) is 5.65 Å². The van der Waals surface area contributed by atoms with E-state index < -0.39 is 28.6 Å². The van der Waals surface area contributed by atoms with Gasteiger partial charge in [-0.3, -0.25) is 0 Å². The number of sulfonamides is 1. The molecule has 0 bridgehead atoms. The third kappa shape index (κ3) is 4.38. The second kappa shape index (κ2) is 8.80. The average molecular weight is 529 g/mol. The van der Waals surface area contributed by atoms with Gasteiger partial charge in [-0.25, -0.2) is 27.2 Å². The molecule has 6 rings (SSSR count). The number of aromatic nitrogens is 5. The molecule has 0 amide bonds. The zero-order chi connectivity index (χ0) is 24.9. The highest BCUT2D eigenvalue weighted by molar-refractivity contribution is 7.89. The number of hydrogen-bond acceptors (Lipinski definition) is 9. The van der Waals surface area contributed by atoms with Crippen molar-refractivity contribution in [1.29, 1.82) is 0 Å². The summed E-state index contributed by atoms with van der Waals surface area (Å²) in [5, 5.41) is 21.6. The minimum absolute atomic E-state index is 0.0152. The molecular weight excluding hydrogens is 511 g/mol. The van der Waals surface area contributed by atoms with Crippen molar-refractivity contribution >= 4 is 27.3 Å². The lowest BCUT2D eigenvalue weighted by Gasteiger charge is -2.13. The molecule has 0 spiro atoms. The smallest absolute Gasteiger partial charge is 0.261 e. The first-order valence-corrected chi connectivity index (χ1v) is 12.9. The van der Waals surface area contributed by atoms with Gasteiger partial charge >= 0.3 is 0 Å². The van der Waals surface area contributed by atoms with Crippen molar-refractivity contribution in [1.82, 2.24) is 29.1 Å². The lowest BCUT2D eigenvalue weighted by Crippen LogP contribution is -2.25. The van der Waals surface area contributed by atoms with Crippen LogP contribution in [0, 0.1) is 5.82 Å². The molecular formula is C21H18ClFN10O2S. The Morgan fingerprint density at radius 2 is 1.89 bits per heavy atom. The Balaban J connectivity index is 1.18. The van der Waals surface area contributed by atoms with Crippen molar-refractivity contribution in [2.75, 3.05) is 0 Å². The molecule has 12 nitrogen and oxygen atoms in total. The summed E-state index contributed by atoms with van der Waals surface area (Å²) in [5.74, 6) is -0.159. The maximum atomic E-state index is 14.7. The van der Waals surface area contributed by atoms with Crippen LogP contribution >= 0.6 is 11.6 Å². The molecule has 1 aromatic carbocycles. The van der Waals surface area contributed by atoms with Crippen LogP contribution in [0.5, 0.6) is 0 Å². The number of nitrogens with zero attached hydrogens (tertiary/aromatic N) is 9. The summed E-state index contributed by atoms with van der Waals surface area (Å²) in [4.78, 5) is 4.56. The molecule has 1 N–H and O–H groups in total. The van der Waals surface area contributed by atoms with Crippen molar-refractivity contribution in [2.45, 2.75) is 43.0 Å². The maximum Gasteiger partial charge on any atom is 0.261 e. The van der Waals surface area contributed by atoms with E-state index in [2.05, 4.69) is 53.0 Å². The van der Waals surface area contributed by atoms with Crippen LogP contribution in [0.3, 0.4) is 0 Å². The molecule has 1 saturated carbocycles. The number of pyridine rings is 1.